The van der Waals surface area contributed by atoms with Crippen molar-refractivity contribution in [2.45, 2.75) is 0 Å². The van der Waals surface area contributed by atoms with Crippen LogP contribution in [0.25, 0.3) is 16.6 Å². The second-order valence-corrected chi connectivity index (χ2v) is 3.33. The fourth-order valence-electron chi connectivity index (χ4n) is 1.71. The minimum Gasteiger partial charge on any atom is -0.392 e. The molecule has 0 saturated carbocycles. The molecule has 0 atom stereocenters. The van der Waals surface area contributed by atoms with E-state index in [2.05, 4.69) is 20.5 Å². The zero-order valence-electron chi connectivity index (χ0n) is 8.31. The molecule has 3 aromatic heterocycles. The van der Waals surface area contributed by atoms with Crippen LogP contribution < -0.4 is 5.73 Å². The summed E-state index contributed by atoms with van der Waals surface area (Å²) in [5.41, 5.74) is 6.04. The lowest BCUT2D eigenvalue weighted by molar-refractivity contribution is -0.382. The molecule has 17 heavy (non-hydrogen) atoms. The second kappa shape index (κ2) is 3.07. The van der Waals surface area contributed by atoms with E-state index in [1.807, 2.05) is 0 Å². The molecule has 0 aromatic carbocycles. The molecule has 3 rings (SSSR count). The van der Waals surface area contributed by atoms with Crippen molar-refractivity contribution in [3.63, 3.8) is 0 Å². The van der Waals surface area contributed by atoms with Crippen LogP contribution in [0.1, 0.15) is 0 Å². The molecule has 3 heterocycles. The maximum absolute atomic E-state index is 11.0. The summed E-state index contributed by atoms with van der Waals surface area (Å²) < 4.78 is 1.25. The molecule has 2 N–H and O–H groups in total. The lowest BCUT2D eigenvalue weighted by Crippen LogP contribution is -2.03. The number of hydrogen-bond acceptors (Lipinski definition) is 7. The smallest absolute Gasteiger partial charge is 0.339 e. The number of rotatable bonds is 1. The van der Waals surface area contributed by atoms with Crippen molar-refractivity contribution < 1.29 is 4.92 Å². The predicted octanol–water partition coefficient (Wildman–Crippen LogP) is 0.163. The van der Waals surface area contributed by atoms with Gasteiger partial charge in [0.25, 0.3) is 5.65 Å². The van der Waals surface area contributed by atoms with Crippen LogP contribution in [-0.4, -0.2) is 29.9 Å². The van der Waals surface area contributed by atoms with Crippen molar-refractivity contribution in [1.82, 2.24) is 25.0 Å². The number of hydrogen-bond donors (Lipinski definition) is 1. The Hall–Kier alpha value is -2.84. The van der Waals surface area contributed by atoms with Crippen LogP contribution in [0.5, 0.6) is 0 Å². The van der Waals surface area contributed by atoms with Gasteiger partial charge in [-0.25, -0.2) is 0 Å². The molecule has 0 saturated heterocycles. The molecule has 9 heteroatoms. The first kappa shape index (κ1) is 9.39. The summed E-state index contributed by atoms with van der Waals surface area (Å²) in [6.07, 6.45) is 3.00. The number of pyridine rings is 2. The molecule has 0 fully saturated rings. The van der Waals surface area contributed by atoms with Gasteiger partial charge in [-0.3, -0.25) is 15.1 Å². The van der Waals surface area contributed by atoms with Gasteiger partial charge in [0.15, 0.2) is 0 Å². The van der Waals surface area contributed by atoms with E-state index in [1.165, 1.54) is 16.9 Å². The summed E-state index contributed by atoms with van der Waals surface area (Å²) >= 11 is 0. The Bertz CT molecular complexity index is 750. The minimum atomic E-state index is -0.596. The molecular weight excluding hydrogens is 226 g/mol. The van der Waals surface area contributed by atoms with E-state index in [0.29, 0.717) is 10.9 Å². The van der Waals surface area contributed by atoms with Crippen LogP contribution in [0.2, 0.25) is 0 Å². The van der Waals surface area contributed by atoms with E-state index in [9.17, 15) is 10.1 Å². The number of nitrogens with zero attached hydrogens (tertiary/aromatic N) is 6. The molecule has 0 unspecified atom stereocenters. The van der Waals surface area contributed by atoms with Gasteiger partial charge in [0.1, 0.15) is 5.69 Å². The van der Waals surface area contributed by atoms with Crippen LogP contribution >= 0.6 is 0 Å². The zero-order valence-corrected chi connectivity index (χ0v) is 8.31. The number of nitrogen functional groups attached to an aromatic ring is 1. The van der Waals surface area contributed by atoms with Crippen molar-refractivity contribution in [3.05, 3.63) is 28.6 Å². The number of nitro groups is 1. The summed E-state index contributed by atoms with van der Waals surface area (Å²) in [7, 11) is 0. The average molecular weight is 231 g/mol. The maximum Gasteiger partial charge on any atom is 0.339 e. The lowest BCUT2D eigenvalue weighted by atomic mass is 10.2. The number of aromatic nitrogens is 5. The summed E-state index contributed by atoms with van der Waals surface area (Å²) in [6, 6.07) is 1.58. The highest BCUT2D eigenvalue weighted by Gasteiger charge is 2.24. The quantitative estimate of drug-likeness (QED) is 0.467. The van der Waals surface area contributed by atoms with Crippen LogP contribution in [0.4, 0.5) is 11.4 Å². The lowest BCUT2D eigenvalue weighted by Gasteiger charge is -2.03. The summed E-state index contributed by atoms with van der Waals surface area (Å²) in [5.74, 6) is 0. The van der Waals surface area contributed by atoms with E-state index in [0.717, 1.165) is 0 Å². The normalized spacial score (nSPS) is 11.1. The monoisotopic (exact) mass is 231 g/mol. The van der Waals surface area contributed by atoms with Crippen LogP contribution in [-0.2, 0) is 0 Å². The van der Waals surface area contributed by atoms with Gasteiger partial charge < -0.3 is 5.73 Å². The third-order valence-corrected chi connectivity index (χ3v) is 2.44. The van der Waals surface area contributed by atoms with E-state index >= 15 is 0 Å². The average Bonchev–Trinajstić information content (AvgIpc) is 2.78. The van der Waals surface area contributed by atoms with Gasteiger partial charge in [-0.05, 0) is 16.5 Å². The predicted molar refractivity (Wildman–Crippen MR) is 57.1 cm³/mol. The highest BCUT2D eigenvalue weighted by atomic mass is 16.6. The van der Waals surface area contributed by atoms with E-state index in [1.54, 1.807) is 6.07 Å². The fraction of sp³-hybridized carbons (Fsp3) is 0. The number of tetrazole rings is 1. The van der Waals surface area contributed by atoms with Crippen LogP contribution in [0.3, 0.4) is 0 Å². The Balaban J connectivity index is 2.65. The van der Waals surface area contributed by atoms with Gasteiger partial charge in [0.05, 0.1) is 16.6 Å². The van der Waals surface area contributed by atoms with Gasteiger partial charge in [-0.2, -0.15) is 4.52 Å². The van der Waals surface area contributed by atoms with Crippen molar-refractivity contribution in [2.75, 3.05) is 5.73 Å². The Labute approximate surface area is 93.0 Å². The van der Waals surface area contributed by atoms with Gasteiger partial charge in [-0.1, -0.05) is 0 Å². The minimum absolute atomic E-state index is 0.00741. The molecule has 0 aliphatic rings. The third kappa shape index (κ3) is 1.13. The molecule has 0 aliphatic heterocycles. The SMILES string of the molecule is Nc1c([N+](=O)[O-])c2nnnn2c2cnccc12. The molecular formula is C8H5N7O2. The Morgan fingerprint density at radius 1 is 1.47 bits per heavy atom. The van der Waals surface area contributed by atoms with Crippen LogP contribution in [0.15, 0.2) is 18.5 Å². The highest BCUT2D eigenvalue weighted by Crippen LogP contribution is 2.32. The molecule has 0 amide bonds. The Kier molecular flexibility index (Phi) is 1.70. The fourth-order valence-corrected chi connectivity index (χ4v) is 1.71. The van der Waals surface area contributed by atoms with Crippen molar-refractivity contribution in [2.24, 2.45) is 0 Å². The molecule has 3 aromatic rings. The molecule has 0 aliphatic carbocycles. The summed E-state index contributed by atoms with van der Waals surface area (Å²) in [6.45, 7) is 0. The van der Waals surface area contributed by atoms with Crippen molar-refractivity contribution >= 4 is 27.9 Å². The van der Waals surface area contributed by atoms with Gasteiger partial charge in [-0.15, -0.1) is 5.10 Å². The maximum atomic E-state index is 11.0. The zero-order chi connectivity index (χ0) is 12.0. The third-order valence-electron chi connectivity index (χ3n) is 2.44. The Morgan fingerprint density at radius 3 is 3.06 bits per heavy atom. The standard InChI is InChI=1S/C8H5N7O2/c9-6-4-1-2-10-3-5(4)14-8(11-12-13-14)7(6)15(16)17/h1-3H,9H2. The molecule has 9 nitrogen and oxygen atoms in total. The van der Waals surface area contributed by atoms with Gasteiger partial charge in [0, 0.05) is 11.6 Å². The molecule has 0 bridgehead atoms. The topological polar surface area (TPSA) is 125 Å². The number of fused-ring (bicyclic) bond motifs is 3. The van der Waals surface area contributed by atoms with E-state index in [-0.39, 0.29) is 17.0 Å². The number of nitrogens with two attached hydrogens (primary N) is 1. The van der Waals surface area contributed by atoms with Crippen molar-refractivity contribution in [1.29, 1.82) is 0 Å². The van der Waals surface area contributed by atoms with Gasteiger partial charge >= 0.3 is 5.69 Å². The Morgan fingerprint density at radius 2 is 2.29 bits per heavy atom. The summed E-state index contributed by atoms with van der Waals surface area (Å²) in [5, 5.41) is 22.2. The molecule has 0 radical (unpaired) electrons. The summed E-state index contributed by atoms with van der Waals surface area (Å²) in [4.78, 5) is 14.3. The van der Waals surface area contributed by atoms with Gasteiger partial charge in [0.2, 0.25) is 0 Å². The molecule has 84 valence electrons. The first-order chi connectivity index (χ1) is 8.20. The van der Waals surface area contributed by atoms with E-state index in [4.69, 9.17) is 5.73 Å². The van der Waals surface area contributed by atoms with Crippen molar-refractivity contribution in [3.8, 4) is 0 Å². The first-order valence-electron chi connectivity index (χ1n) is 4.58. The highest BCUT2D eigenvalue weighted by molar-refractivity contribution is 5.98. The largest absolute Gasteiger partial charge is 0.392 e. The van der Waals surface area contributed by atoms with E-state index < -0.39 is 4.92 Å². The molecule has 0 spiro atoms. The first-order valence-corrected chi connectivity index (χ1v) is 4.58. The second-order valence-electron chi connectivity index (χ2n) is 3.33. The number of anilines is 1. The van der Waals surface area contributed by atoms with Crippen LogP contribution in [0, 0.1) is 10.1 Å².